The fraction of sp³-hybridized carbons (Fsp3) is 0.500. The number of phenols is 1. The molecule has 0 heterocycles. The number of phenolic OH excluding ortho intramolecular Hbond substituents is 1. The second-order valence-corrected chi connectivity index (χ2v) is 4.40. The summed E-state index contributed by atoms with van der Waals surface area (Å²) in [5.74, 6) is -1.28. The largest absolute Gasteiger partial charge is 0.508 e. The maximum absolute atomic E-state index is 13.3. The zero-order valence-corrected chi connectivity index (χ0v) is 11.4. The molecule has 2 N–H and O–H groups in total. The minimum atomic E-state index is -0.781. The van der Waals surface area contributed by atoms with Gasteiger partial charge in [0.15, 0.2) is 0 Å². The first-order chi connectivity index (χ1) is 8.97. The average molecular weight is 269 g/mol. The molecule has 0 spiro atoms. The topological polar surface area (TPSA) is 58.6 Å². The number of halogens is 1. The summed E-state index contributed by atoms with van der Waals surface area (Å²) in [6.45, 7) is 5.86. The molecule has 5 heteroatoms. The number of hydrogen-bond acceptors (Lipinski definition) is 4. The molecule has 0 radical (unpaired) electrons. The van der Waals surface area contributed by atoms with Gasteiger partial charge in [-0.25, -0.2) is 9.18 Å². The lowest BCUT2D eigenvalue weighted by Gasteiger charge is -2.21. The van der Waals surface area contributed by atoms with Crippen LogP contribution in [0.15, 0.2) is 18.2 Å². The number of aromatic hydroxyl groups is 1. The summed E-state index contributed by atoms with van der Waals surface area (Å²) in [6, 6.07) is 2.86. The summed E-state index contributed by atoms with van der Waals surface area (Å²) in [5.41, 5.74) is 0.358. The molecule has 1 aromatic carbocycles. The smallest absolute Gasteiger partial charge is 0.327 e. The average Bonchev–Trinajstić information content (AvgIpc) is 2.34. The standard InChI is InChI=1S/C14H20FNO3/c1-4-9(3)16-13(14(18)19-5-2)10-6-11(15)8-12(17)7-10/h6-9,13,16-17H,4-5H2,1-3H3. The summed E-state index contributed by atoms with van der Waals surface area (Å²) >= 11 is 0. The van der Waals surface area contributed by atoms with Crippen LogP contribution in [0.1, 0.15) is 38.8 Å². The quantitative estimate of drug-likeness (QED) is 0.779. The highest BCUT2D eigenvalue weighted by Gasteiger charge is 2.24. The summed E-state index contributed by atoms with van der Waals surface area (Å²) in [6.07, 6.45) is 0.817. The maximum atomic E-state index is 13.3. The molecule has 1 aromatic rings. The zero-order chi connectivity index (χ0) is 14.4. The monoisotopic (exact) mass is 269 g/mol. The van der Waals surface area contributed by atoms with E-state index < -0.39 is 17.8 Å². The molecule has 0 aliphatic carbocycles. The van der Waals surface area contributed by atoms with Gasteiger partial charge in [-0.3, -0.25) is 5.32 Å². The summed E-state index contributed by atoms with van der Waals surface area (Å²) in [4.78, 5) is 11.9. The lowest BCUT2D eigenvalue weighted by Crippen LogP contribution is -2.36. The number of benzene rings is 1. The van der Waals surface area contributed by atoms with Crippen LogP contribution in [-0.2, 0) is 9.53 Å². The molecule has 0 fully saturated rings. The van der Waals surface area contributed by atoms with E-state index in [1.54, 1.807) is 6.92 Å². The van der Waals surface area contributed by atoms with Crippen LogP contribution >= 0.6 is 0 Å². The Hall–Kier alpha value is -1.62. The number of rotatable bonds is 6. The van der Waals surface area contributed by atoms with Crippen LogP contribution in [0.3, 0.4) is 0 Å². The van der Waals surface area contributed by atoms with E-state index in [9.17, 15) is 14.3 Å². The highest BCUT2D eigenvalue weighted by atomic mass is 19.1. The number of esters is 1. The molecular weight excluding hydrogens is 249 g/mol. The molecule has 2 unspecified atom stereocenters. The molecule has 106 valence electrons. The van der Waals surface area contributed by atoms with Crippen molar-refractivity contribution < 1.29 is 19.0 Å². The van der Waals surface area contributed by atoms with Gasteiger partial charge >= 0.3 is 5.97 Å². The van der Waals surface area contributed by atoms with E-state index in [0.29, 0.717) is 5.56 Å². The predicted octanol–water partition coefficient (Wildman–Crippen LogP) is 2.52. The van der Waals surface area contributed by atoms with Gasteiger partial charge in [-0.1, -0.05) is 6.92 Å². The molecule has 0 bridgehead atoms. The second-order valence-electron chi connectivity index (χ2n) is 4.40. The first-order valence-corrected chi connectivity index (χ1v) is 6.40. The van der Waals surface area contributed by atoms with Gasteiger partial charge in [0, 0.05) is 12.1 Å². The SMILES string of the molecule is CCOC(=O)C(NC(C)CC)c1cc(O)cc(F)c1. The Labute approximate surface area is 112 Å². The molecule has 0 saturated carbocycles. The lowest BCUT2D eigenvalue weighted by atomic mass is 10.0. The van der Waals surface area contributed by atoms with Gasteiger partial charge in [-0.2, -0.15) is 0 Å². The van der Waals surface area contributed by atoms with Crippen LogP contribution in [0.2, 0.25) is 0 Å². The molecule has 0 aliphatic rings. The van der Waals surface area contributed by atoms with Gasteiger partial charge in [0.1, 0.15) is 17.6 Å². The Morgan fingerprint density at radius 2 is 2.11 bits per heavy atom. The Balaban J connectivity index is 3.03. The number of nitrogens with one attached hydrogen (secondary N) is 1. The van der Waals surface area contributed by atoms with Crippen molar-refractivity contribution in [3.63, 3.8) is 0 Å². The fourth-order valence-electron chi connectivity index (χ4n) is 1.69. The number of carbonyl (C=O) groups is 1. The van der Waals surface area contributed by atoms with Crippen LogP contribution < -0.4 is 5.32 Å². The Kier molecular flexibility index (Phi) is 5.76. The molecule has 2 atom stereocenters. The van der Waals surface area contributed by atoms with Crippen molar-refractivity contribution in [2.75, 3.05) is 6.61 Å². The second kappa shape index (κ2) is 7.09. The molecule has 4 nitrogen and oxygen atoms in total. The van der Waals surface area contributed by atoms with Crippen LogP contribution in [0.4, 0.5) is 4.39 Å². The third-order valence-corrected chi connectivity index (χ3v) is 2.82. The maximum Gasteiger partial charge on any atom is 0.327 e. The van der Waals surface area contributed by atoms with Crippen molar-refractivity contribution in [1.82, 2.24) is 5.32 Å². The summed E-state index contributed by atoms with van der Waals surface area (Å²) in [5, 5.41) is 12.5. The van der Waals surface area contributed by atoms with E-state index in [1.165, 1.54) is 12.1 Å². The number of ether oxygens (including phenoxy) is 1. The van der Waals surface area contributed by atoms with Crippen molar-refractivity contribution in [2.45, 2.75) is 39.3 Å². The van der Waals surface area contributed by atoms with Crippen LogP contribution in [-0.4, -0.2) is 23.7 Å². The molecule has 1 rings (SSSR count). The van der Waals surface area contributed by atoms with E-state index in [1.807, 2.05) is 13.8 Å². The number of carbonyl (C=O) groups excluding carboxylic acids is 1. The van der Waals surface area contributed by atoms with E-state index in [2.05, 4.69) is 5.32 Å². The van der Waals surface area contributed by atoms with Crippen molar-refractivity contribution in [1.29, 1.82) is 0 Å². The van der Waals surface area contributed by atoms with Gasteiger partial charge in [-0.15, -0.1) is 0 Å². The highest BCUT2D eigenvalue weighted by Crippen LogP contribution is 2.22. The van der Waals surface area contributed by atoms with E-state index in [0.717, 1.165) is 12.5 Å². The summed E-state index contributed by atoms with van der Waals surface area (Å²) < 4.78 is 18.3. The predicted molar refractivity (Wildman–Crippen MR) is 70.3 cm³/mol. The minimum Gasteiger partial charge on any atom is -0.508 e. The fourth-order valence-corrected chi connectivity index (χ4v) is 1.69. The number of hydrogen-bond donors (Lipinski definition) is 2. The first-order valence-electron chi connectivity index (χ1n) is 6.40. The Morgan fingerprint density at radius 1 is 1.42 bits per heavy atom. The molecule has 0 amide bonds. The lowest BCUT2D eigenvalue weighted by molar-refractivity contribution is -0.146. The third-order valence-electron chi connectivity index (χ3n) is 2.82. The van der Waals surface area contributed by atoms with Crippen molar-refractivity contribution >= 4 is 5.97 Å². The molecule has 0 aromatic heterocycles. The molecule has 0 saturated heterocycles. The van der Waals surface area contributed by atoms with Crippen molar-refractivity contribution in [3.05, 3.63) is 29.6 Å². The third kappa shape index (κ3) is 4.52. The Morgan fingerprint density at radius 3 is 2.63 bits per heavy atom. The van der Waals surface area contributed by atoms with E-state index in [-0.39, 0.29) is 18.4 Å². The Bertz CT molecular complexity index is 416. The molecule has 19 heavy (non-hydrogen) atoms. The minimum absolute atomic E-state index is 0.0693. The zero-order valence-electron chi connectivity index (χ0n) is 11.4. The van der Waals surface area contributed by atoms with E-state index >= 15 is 0 Å². The van der Waals surface area contributed by atoms with Crippen LogP contribution in [0.5, 0.6) is 5.75 Å². The van der Waals surface area contributed by atoms with Gasteiger partial charge < -0.3 is 9.84 Å². The van der Waals surface area contributed by atoms with Gasteiger partial charge in [-0.05, 0) is 38.0 Å². The molecule has 0 aliphatic heterocycles. The van der Waals surface area contributed by atoms with Gasteiger partial charge in [0.2, 0.25) is 0 Å². The van der Waals surface area contributed by atoms with Crippen LogP contribution in [0, 0.1) is 5.82 Å². The normalized spacial score (nSPS) is 13.9. The van der Waals surface area contributed by atoms with Crippen LogP contribution in [0.25, 0.3) is 0 Å². The van der Waals surface area contributed by atoms with Gasteiger partial charge in [0.05, 0.1) is 6.61 Å². The first kappa shape index (κ1) is 15.4. The van der Waals surface area contributed by atoms with Crippen molar-refractivity contribution in [2.24, 2.45) is 0 Å². The molecular formula is C14H20FNO3. The van der Waals surface area contributed by atoms with E-state index in [4.69, 9.17) is 4.74 Å². The van der Waals surface area contributed by atoms with Gasteiger partial charge in [0.25, 0.3) is 0 Å². The summed E-state index contributed by atoms with van der Waals surface area (Å²) in [7, 11) is 0. The highest BCUT2D eigenvalue weighted by molar-refractivity contribution is 5.77. The van der Waals surface area contributed by atoms with Crippen molar-refractivity contribution in [3.8, 4) is 5.75 Å².